The van der Waals surface area contributed by atoms with E-state index in [0.29, 0.717) is 0 Å². The van der Waals surface area contributed by atoms with Crippen molar-refractivity contribution in [2.45, 2.75) is 6.18 Å². The van der Waals surface area contributed by atoms with Crippen molar-refractivity contribution < 1.29 is 64.2 Å². The van der Waals surface area contributed by atoms with Gasteiger partial charge in [-0.05, 0) is 0 Å². The first-order chi connectivity index (χ1) is 3.85. The summed E-state index contributed by atoms with van der Waals surface area (Å²) in [6.45, 7) is 0. The molecule has 0 bridgehead atoms. The zero-order chi connectivity index (χ0) is 7.65. The van der Waals surface area contributed by atoms with Crippen LogP contribution in [0.15, 0.2) is 10.2 Å². The van der Waals surface area contributed by atoms with Crippen LogP contribution in [0.1, 0.15) is 0 Å². The average Bonchev–Trinajstić information content (AvgIpc) is 1.62. The van der Waals surface area contributed by atoms with E-state index in [0.717, 1.165) is 0 Å². The molecule has 0 saturated carbocycles. The summed E-state index contributed by atoms with van der Waals surface area (Å²) in [5.41, 5.74) is 0. The van der Waals surface area contributed by atoms with Crippen LogP contribution >= 0.6 is 0 Å². The molecule has 0 nitrogen and oxygen atoms in total. The molecule has 10 heavy (non-hydrogen) atoms. The number of halogens is 6. The van der Waals surface area contributed by atoms with Crippen LogP contribution < -0.4 is 24.0 Å². The Morgan fingerprint density at radius 3 is 1.40 bits per heavy atom. The number of alkyl halides is 3. The van der Waals surface area contributed by atoms with Crippen molar-refractivity contribution in [1.29, 1.82) is 0 Å². The molecule has 0 atom stereocenters. The van der Waals surface area contributed by atoms with Crippen LogP contribution in [0.2, 0.25) is 0 Å². The monoisotopic (exact) mass is 322 g/mol. The van der Waals surface area contributed by atoms with Gasteiger partial charge < -0.3 is 24.0 Å². The molecule has 7 heteroatoms. The molecule has 0 rings (SSSR count). The first-order valence-corrected chi connectivity index (χ1v) is 3.28. The maximum atomic E-state index is 11.2. The molecule has 0 aliphatic carbocycles. The zero-order valence-corrected chi connectivity index (χ0v) is 9.60. The summed E-state index contributed by atoms with van der Waals surface area (Å²) >= 11 is -0.564. The summed E-state index contributed by atoms with van der Waals surface area (Å²) in [5, 5.41) is 0. The van der Waals surface area contributed by atoms with Crippen molar-refractivity contribution in [2.24, 2.45) is 0 Å². The smallest absolute Gasteiger partial charge is 1.00 e. The number of hydrogen-bond acceptors (Lipinski definition) is 0. The quantitative estimate of drug-likeness (QED) is 0.311. The third kappa shape index (κ3) is 4.54. The topological polar surface area (TPSA) is 0 Å². The summed E-state index contributed by atoms with van der Waals surface area (Å²) < 4.78 is 54.1. The summed E-state index contributed by atoms with van der Waals surface area (Å²) in [7, 11) is 0. The van der Waals surface area contributed by atoms with Gasteiger partial charge in [-0.2, -0.15) is 0 Å². The molecule has 0 unspecified atom stereocenters. The van der Waals surface area contributed by atoms with E-state index in [-0.39, 0.29) is 24.0 Å². The van der Waals surface area contributed by atoms with Crippen molar-refractivity contribution in [3.63, 3.8) is 0 Å². The van der Waals surface area contributed by atoms with Gasteiger partial charge in [-0.15, -0.1) is 0 Å². The molecule has 0 aromatic heterocycles. The Kier molecular flexibility index (Phi) is 6.12. The normalized spacial score (nSPS) is 10.3. The number of rotatable bonds is 0. The van der Waals surface area contributed by atoms with Crippen LogP contribution in [-0.2, 0) is 18.3 Å². The fraction of sp³-hybridized carbons (Fsp3) is 0.333. The van der Waals surface area contributed by atoms with E-state index >= 15 is 0 Å². The number of hydrogen-bond donors (Lipinski definition) is 0. The minimum absolute atomic E-state index is 0. The number of allylic oxidation sites excluding steroid dienone is 1. The molecule has 0 aromatic carbocycles. The van der Waals surface area contributed by atoms with Gasteiger partial charge in [0.15, 0.2) is 0 Å². The molecule has 0 radical (unpaired) electrons. The predicted molar refractivity (Wildman–Crippen MR) is 15.3 cm³/mol. The summed E-state index contributed by atoms with van der Waals surface area (Å²) in [6, 6.07) is 0. The first-order valence-electron chi connectivity index (χ1n) is 1.80. The standard InChI is InChI=1S/C3F5.HI.Zn/c4-2(5)1-3(6,7)8;;/h;1H;/q;;+1/p-1. The molecule has 0 aliphatic rings. The fourth-order valence-corrected chi connectivity index (χ4v) is 0.107. The molecule has 0 aromatic rings. The van der Waals surface area contributed by atoms with Crippen LogP contribution in [0.5, 0.6) is 0 Å². The molecule has 0 saturated heterocycles. The van der Waals surface area contributed by atoms with Gasteiger partial charge in [0, 0.05) is 0 Å². The van der Waals surface area contributed by atoms with Gasteiger partial charge >= 0.3 is 56.7 Å². The third-order valence-corrected chi connectivity index (χ3v) is 1.97. The van der Waals surface area contributed by atoms with E-state index < -0.39 is 34.7 Å². The zero-order valence-electron chi connectivity index (χ0n) is 4.47. The molecular formula is C3F5IZn. The molecule has 0 heterocycles. The van der Waals surface area contributed by atoms with Gasteiger partial charge in [0.25, 0.3) is 0 Å². The fourth-order valence-electron chi connectivity index (χ4n) is 0.107. The second-order valence-electron chi connectivity index (χ2n) is 1.24. The maximum absolute atomic E-state index is 11.2. The molecule has 0 amide bonds. The van der Waals surface area contributed by atoms with E-state index in [1.807, 2.05) is 0 Å². The van der Waals surface area contributed by atoms with Crippen molar-refractivity contribution in [2.75, 3.05) is 0 Å². The van der Waals surface area contributed by atoms with Gasteiger partial charge in [0.1, 0.15) is 0 Å². The van der Waals surface area contributed by atoms with Crippen LogP contribution in [0.3, 0.4) is 0 Å². The van der Waals surface area contributed by atoms with Gasteiger partial charge in [-0.1, -0.05) is 0 Å². The second-order valence-corrected chi connectivity index (χ2v) is 2.72. The first kappa shape index (κ1) is 13.3. The molecule has 0 spiro atoms. The average molecular weight is 323 g/mol. The van der Waals surface area contributed by atoms with Crippen molar-refractivity contribution in [1.82, 2.24) is 0 Å². The summed E-state index contributed by atoms with van der Waals surface area (Å²) in [5.74, 6) is 0. The molecule has 56 valence electrons. The van der Waals surface area contributed by atoms with E-state index in [9.17, 15) is 22.0 Å². The molecule has 0 aliphatic heterocycles. The minimum Gasteiger partial charge on any atom is -1.00 e. The SMILES string of the molecule is FC(F)=[C]([Zn+])C(F)(F)F.[I-]. The van der Waals surface area contributed by atoms with Crippen molar-refractivity contribution in [3.05, 3.63) is 10.2 Å². The van der Waals surface area contributed by atoms with Gasteiger partial charge in [0.2, 0.25) is 0 Å². The van der Waals surface area contributed by atoms with Crippen molar-refractivity contribution >= 4 is 0 Å². The minimum atomic E-state index is -4.83. The van der Waals surface area contributed by atoms with Crippen LogP contribution in [0.25, 0.3) is 0 Å². The van der Waals surface area contributed by atoms with Crippen LogP contribution in [-0.4, -0.2) is 6.18 Å². The Hall–Kier alpha value is 0.743. The van der Waals surface area contributed by atoms with E-state index in [1.165, 1.54) is 0 Å². The van der Waals surface area contributed by atoms with Gasteiger partial charge in [-0.25, -0.2) is 0 Å². The van der Waals surface area contributed by atoms with Crippen molar-refractivity contribution in [3.8, 4) is 0 Å². The van der Waals surface area contributed by atoms with E-state index in [2.05, 4.69) is 0 Å². The van der Waals surface area contributed by atoms with E-state index in [4.69, 9.17) is 0 Å². The molecular weight excluding hydrogens is 323 g/mol. The Bertz CT molecular complexity index is 134. The Balaban J connectivity index is 0. The van der Waals surface area contributed by atoms with E-state index in [1.54, 1.807) is 0 Å². The summed E-state index contributed by atoms with van der Waals surface area (Å²) in [6.07, 6.45) is -7.46. The second kappa shape index (κ2) is 4.59. The third-order valence-electron chi connectivity index (χ3n) is 0.570. The molecule has 0 fully saturated rings. The van der Waals surface area contributed by atoms with Crippen LogP contribution in [0, 0.1) is 0 Å². The largest absolute Gasteiger partial charge is 1.00 e. The van der Waals surface area contributed by atoms with Gasteiger partial charge in [-0.3, -0.25) is 0 Å². The Morgan fingerprint density at radius 1 is 1.10 bits per heavy atom. The molecule has 0 N–H and O–H groups in total. The Morgan fingerprint density at radius 2 is 1.40 bits per heavy atom. The van der Waals surface area contributed by atoms with Gasteiger partial charge in [0.05, 0.1) is 0 Å². The Labute approximate surface area is 80.6 Å². The summed E-state index contributed by atoms with van der Waals surface area (Å²) in [4.78, 5) is 0. The van der Waals surface area contributed by atoms with Crippen LogP contribution in [0.4, 0.5) is 22.0 Å². The predicted octanol–water partition coefficient (Wildman–Crippen LogP) is -0.792. The maximum Gasteiger partial charge on any atom is -1.00 e.